The molecule has 0 unspecified atom stereocenters. The molecular weight excluding hydrogens is 322 g/mol. The maximum absolute atomic E-state index is 11.3. The first-order valence-corrected chi connectivity index (χ1v) is 6.69. The van der Waals surface area contributed by atoms with Gasteiger partial charge in [-0.15, -0.1) is 0 Å². The summed E-state index contributed by atoms with van der Waals surface area (Å²) in [6.45, 7) is 0. The van der Waals surface area contributed by atoms with Gasteiger partial charge >= 0.3 is 0 Å². The Morgan fingerprint density at radius 3 is 2.50 bits per heavy atom. The highest BCUT2D eigenvalue weighted by molar-refractivity contribution is 9.10. The van der Waals surface area contributed by atoms with Gasteiger partial charge in [0.15, 0.2) is 0 Å². The molecule has 0 aliphatic heterocycles. The number of nitrogens with two attached hydrogens (primary N) is 1. The quantitative estimate of drug-likeness (QED) is 0.628. The van der Waals surface area contributed by atoms with Gasteiger partial charge in [0.2, 0.25) is 15.7 Å². The van der Waals surface area contributed by atoms with E-state index in [1.807, 2.05) is 0 Å². The van der Waals surface area contributed by atoms with E-state index in [0.717, 1.165) is 0 Å². The molecule has 0 aliphatic rings. The molecule has 92 valence electrons. The van der Waals surface area contributed by atoms with E-state index in [9.17, 15) is 8.42 Å². The maximum atomic E-state index is 11.3. The highest BCUT2D eigenvalue weighted by atomic mass is 79.9. The van der Waals surface area contributed by atoms with E-state index in [2.05, 4.69) is 26.5 Å². The molecule has 0 spiro atoms. The number of hydrazone groups is 1. The summed E-state index contributed by atoms with van der Waals surface area (Å²) in [7, 11) is -3.94. The van der Waals surface area contributed by atoms with Crippen LogP contribution in [0.15, 0.2) is 32.7 Å². The molecule has 0 saturated heterocycles. The zero-order chi connectivity index (χ0) is 13.8. The monoisotopic (exact) mass is 327 g/mol. The van der Waals surface area contributed by atoms with Crippen molar-refractivity contribution in [3.05, 3.63) is 22.7 Å². The predicted molar refractivity (Wildman–Crippen MR) is 67.8 cm³/mol. The van der Waals surface area contributed by atoms with Gasteiger partial charge in [-0.05, 0) is 28.1 Å². The number of primary sulfonamides is 1. The van der Waals surface area contributed by atoms with E-state index in [4.69, 9.17) is 15.7 Å². The molecule has 0 saturated carbocycles. The minimum atomic E-state index is -3.94. The van der Waals surface area contributed by atoms with Crippen LogP contribution in [0.5, 0.6) is 0 Å². The van der Waals surface area contributed by atoms with Gasteiger partial charge < -0.3 is 0 Å². The third kappa shape index (κ3) is 3.28. The standard InChI is InChI=1S/C9H6BrN5O2S/c10-7-2-1-3-8(18(13,16)17)9(7)15-14-6(4-11)5-12/h1-3,15H,(H2,13,16,17). The molecule has 1 rings (SSSR count). The van der Waals surface area contributed by atoms with Crippen LogP contribution in [0.25, 0.3) is 0 Å². The van der Waals surface area contributed by atoms with Crippen molar-refractivity contribution in [2.24, 2.45) is 10.2 Å². The van der Waals surface area contributed by atoms with E-state index in [0.29, 0.717) is 4.47 Å². The molecule has 0 aliphatic carbocycles. The van der Waals surface area contributed by atoms with Crippen LogP contribution in [-0.2, 0) is 10.0 Å². The maximum Gasteiger partial charge on any atom is 0.240 e. The first kappa shape index (κ1) is 14.1. The molecule has 0 bridgehead atoms. The molecule has 0 heterocycles. The number of nitriles is 2. The Labute approximate surface area is 112 Å². The van der Waals surface area contributed by atoms with E-state index in [1.165, 1.54) is 24.3 Å². The van der Waals surface area contributed by atoms with Gasteiger partial charge in [-0.25, -0.2) is 13.6 Å². The van der Waals surface area contributed by atoms with Gasteiger partial charge in [0.25, 0.3) is 0 Å². The van der Waals surface area contributed by atoms with E-state index < -0.39 is 15.7 Å². The fourth-order valence-electron chi connectivity index (χ4n) is 1.04. The molecule has 0 aromatic heterocycles. The lowest BCUT2D eigenvalue weighted by atomic mass is 10.3. The van der Waals surface area contributed by atoms with Gasteiger partial charge in [0, 0.05) is 4.47 Å². The zero-order valence-corrected chi connectivity index (χ0v) is 11.2. The van der Waals surface area contributed by atoms with Crippen LogP contribution < -0.4 is 10.6 Å². The first-order valence-electron chi connectivity index (χ1n) is 4.35. The van der Waals surface area contributed by atoms with Crippen LogP contribution in [0.3, 0.4) is 0 Å². The molecule has 1 aromatic carbocycles. The number of anilines is 1. The van der Waals surface area contributed by atoms with E-state index in [-0.39, 0.29) is 10.6 Å². The summed E-state index contributed by atoms with van der Waals surface area (Å²) in [5.41, 5.74) is 1.95. The number of nitrogens with zero attached hydrogens (tertiary/aromatic N) is 3. The SMILES string of the molecule is N#CC(C#N)=NNc1c(Br)cccc1S(N)(=O)=O. The Hall–Kier alpha value is -1.94. The number of benzene rings is 1. The summed E-state index contributed by atoms with van der Waals surface area (Å²) in [6.07, 6.45) is 0. The van der Waals surface area contributed by atoms with Gasteiger partial charge in [-0.2, -0.15) is 15.6 Å². The second-order valence-corrected chi connectivity index (χ2v) is 5.34. The summed E-state index contributed by atoms with van der Waals surface area (Å²) in [5, 5.41) is 25.5. The van der Waals surface area contributed by atoms with E-state index >= 15 is 0 Å². The number of sulfonamides is 1. The van der Waals surface area contributed by atoms with Gasteiger partial charge in [-0.3, -0.25) is 5.43 Å². The molecule has 0 amide bonds. The second kappa shape index (κ2) is 5.60. The zero-order valence-electron chi connectivity index (χ0n) is 8.75. The summed E-state index contributed by atoms with van der Waals surface area (Å²) < 4.78 is 23.0. The summed E-state index contributed by atoms with van der Waals surface area (Å²) in [4.78, 5) is -0.198. The fourth-order valence-corrected chi connectivity index (χ4v) is 2.33. The lowest BCUT2D eigenvalue weighted by molar-refractivity contribution is 0.598. The van der Waals surface area contributed by atoms with Gasteiger partial charge in [0.05, 0.1) is 5.69 Å². The Bertz CT molecular complexity index is 668. The first-order chi connectivity index (χ1) is 8.40. The Morgan fingerprint density at radius 1 is 1.39 bits per heavy atom. The average molecular weight is 328 g/mol. The number of halogens is 1. The highest BCUT2D eigenvalue weighted by Crippen LogP contribution is 2.29. The van der Waals surface area contributed by atoms with Crippen molar-refractivity contribution >= 4 is 37.4 Å². The Morgan fingerprint density at radius 2 is 2.00 bits per heavy atom. The minimum absolute atomic E-state index is 0.0583. The van der Waals surface area contributed by atoms with E-state index in [1.54, 1.807) is 6.07 Å². The Balaban J connectivity index is 3.31. The fraction of sp³-hybridized carbons (Fsp3) is 0. The van der Waals surface area contributed by atoms with Crippen molar-refractivity contribution in [2.75, 3.05) is 5.43 Å². The van der Waals surface area contributed by atoms with Crippen LogP contribution in [-0.4, -0.2) is 14.1 Å². The van der Waals surface area contributed by atoms with Crippen molar-refractivity contribution in [3.8, 4) is 12.1 Å². The summed E-state index contributed by atoms with van der Waals surface area (Å²) >= 11 is 3.12. The number of hydrogen-bond donors (Lipinski definition) is 2. The number of nitrogens with one attached hydrogen (secondary N) is 1. The second-order valence-electron chi connectivity index (χ2n) is 2.95. The number of rotatable bonds is 3. The molecule has 18 heavy (non-hydrogen) atoms. The third-order valence-electron chi connectivity index (χ3n) is 1.77. The minimum Gasteiger partial charge on any atom is -0.274 e. The molecule has 9 heteroatoms. The topological polar surface area (TPSA) is 132 Å². The third-order valence-corrected chi connectivity index (χ3v) is 3.39. The summed E-state index contributed by atoms with van der Waals surface area (Å²) in [5.74, 6) is 0. The van der Waals surface area contributed by atoms with Gasteiger partial charge in [0.1, 0.15) is 17.0 Å². The molecule has 0 fully saturated rings. The van der Waals surface area contributed by atoms with Crippen LogP contribution in [0.4, 0.5) is 5.69 Å². The molecule has 0 radical (unpaired) electrons. The predicted octanol–water partition coefficient (Wildman–Crippen LogP) is 0.912. The molecule has 0 atom stereocenters. The summed E-state index contributed by atoms with van der Waals surface area (Å²) in [6, 6.07) is 7.38. The molecule has 1 aromatic rings. The largest absolute Gasteiger partial charge is 0.274 e. The van der Waals surface area contributed by atoms with Gasteiger partial charge in [-0.1, -0.05) is 6.07 Å². The van der Waals surface area contributed by atoms with Crippen molar-refractivity contribution in [1.29, 1.82) is 10.5 Å². The van der Waals surface area contributed by atoms with Crippen LogP contribution in [0.2, 0.25) is 0 Å². The number of hydrogen-bond acceptors (Lipinski definition) is 6. The molecule has 7 nitrogen and oxygen atoms in total. The Kier molecular flexibility index (Phi) is 4.39. The van der Waals surface area contributed by atoms with Crippen LogP contribution in [0.1, 0.15) is 0 Å². The molecular formula is C9H6BrN5O2S. The highest BCUT2D eigenvalue weighted by Gasteiger charge is 2.16. The van der Waals surface area contributed by atoms with Crippen LogP contribution in [0, 0.1) is 22.7 Å². The van der Waals surface area contributed by atoms with Crippen molar-refractivity contribution < 1.29 is 8.42 Å². The van der Waals surface area contributed by atoms with Crippen molar-refractivity contribution in [2.45, 2.75) is 4.90 Å². The number of para-hydroxylation sites is 1. The normalized spacial score (nSPS) is 10.0. The van der Waals surface area contributed by atoms with Crippen LogP contribution >= 0.6 is 15.9 Å². The smallest absolute Gasteiger partial charge is 0.240 e. The van der Waals surface area contributed by atoms with Crippen molar-refractivity contribution in [3.63, 3.8) is 0 Å². The molecule has 3 N–H and O–H groups in total. The van der Waals surface area contributed by atoms with Crippen molar-refractivity contribution in [1.82, 2.24) is 0 Å². The lowest BCUT2D eigenvalue weighted by Gasteiger charge is -2.08. The average Bonchev–Trinajstić information content (AvgIpc) is 2.30. The lowest BCUT2D eigenvalue weighted by Crippen LogP contribution is -2.14.